The van der Waals surface area contributed by atoms with E-state index in [1.165, 1.54) is 6.08 Å². The van der Waals surface area contributed by atoms with E-state index < -0.39 is 17.9 Å². The molecule has 2 aromatic rings. The molecule has 118 valence electrons. The van der Waals surface area contributed by atoms with Gasteiger partial charge in [-0.3, -0.25) is 0 Å². The molecule has 23 heavy (non-hydrogen) atoms. The number of hydrogen-bond acceptors (Lipinski definition) is 1. The van der Waals surface area contributed by atoms with E-state index in [4.69, 9.17) is 11.6 Å². The number of halogens is 4. The van der Waals surface area contributed by atoms with Crippen molar-refractivity contribution in [1.29, 1.82) is 0 Å². The highest BCUT2D eigenvalue weighted by Crippen LogP contribution is 2.26. The van der Waals surface area contributed by atoms with Crippen LogP contribution in [0.5, 0.6) is 0 Å². The summed E-state index contributed by atoms with van der Waals surface area (Å²) < 4.78 is 38.4. The van der Waals surface area contributed by atoms with Crippen molar-refractivity contribution in [1.82, 2.24) is 0 Å². The molecule has 5 heteroatoms. The van der Waals surface area contributed by atoms with E-state index >= 15 is 0 Å². The van der Waals surface area contributed by atoms with Crippen LogP contribution < -0.4 is 0 Å². The van der Waals surface area contributed by atoms with Crippen LogP contribution in [-0.2, 0) is 0 Å². The molecule has 1 unspecified atom stereocenters. The second-order valence-corrected chi connectivity index (χ2v) is 5.15. The van der Waals surface area contributed by atoms with Crippen LogP contribution in [0.1, 0.15) is 11.1 Å². The monoisotopic (exact) mass is 336 g/mol. The van der Waals surface area contributed by atoms with E-state index in [1.54, 1.807) is 54.6 Å². The van der Waals surface area contributed by atoms with Gasteiger partial charge < -0.3 is 5.11 Å². The Kier molecular flexibility index (Phi) is 5.49. The van der Waals surface area contributed by atoms with Crippen molar-refractivity contribution in [3.8, 4) is 11.8 Å². The van der Waals surface area contributed by atoms with Crippen LogP contribution in [0.15, 0.2) is 60.2 Å². The van der Waals surface area contributed by atoms with Gasteiger partial charge in [0.05, 0.1) is 0 Å². The smallest absolute Gasteiger partial charge is 0.379 e. The fourth-order valence-electron chi connectivity index (χ4n) is 1.77. The molecule has 0 bridgehead atoms. The van der Waals surface area contributed by atoms with Crippen molar-refractivity contribution in [2.75, 3.05) is 0 Å². The van der Waals surface area contributed by atoms with Crippen LogP contribution in [-0.4, -0.2) is 17.4 Å². The van der Waals surface area contributed by atoms with Gasteiger partial charge in [0.15, 0.2) is 6.10 Å². The fraction of sp³-hybridized carbons (Fsp3) is 0.111. The average molecular weight is 337 g/mol. The zero-order valence-corrected chi connectivity index (χ0v) is 12.6. The summed E-state index contributed by atoms with van der Waals surface area (Å²) in [5, 5.41) is 10.0. The third-order valence-corrected chi connectivity index (χ3v) is 3.17. The summed E-state index contributed by atoms with van der Waals surface area (Å²) in [6.07, 6.45) is -6.20. The first-order chi connectivity index (χ1) is 10.9. The Hall–Kier alpha value is -2.22. The van der Waals surface area contributed by atoms with E-state index in [-0.39, 0.29) is 0 Å². The lowest BCUT2D eigenvalue weighted by molar-refractivity contribution is -0.189. The van der Waals surface area contributed by atoms with Crippen LogP contribution in [0.4, 0.5) is 13.2 Å². The average Bonchev–Trinajstić information content (AvgIpc) is 2.52. The Labute approximate surface area is 137 Å². The molecule has 0 heterocycles. The largest absolute Gasteiger partial charge is 0.419 e. The Morgan fingerprint density at radius 2 is 1.65 bits per heavy atom. The van der Waals surface area contributed by atoms with Crippen molar-refractivity contribution in [2.45, 2.75) is 12.3 Å². The molecule has 2 aromatic carbocycles. The number of aliphatic hydroxyl groups excluding tert-OH is 1. The molecule has 0 aliphatic carbocycles. The highest BCUT2D eigenvalue weighted by Gasteiger charge is 2.40. The minimum Gasteiger partial charge on any atom is -0.379 e. The maximum Gasteiger partial charge on any atom is 0.419 e. The Morgan fingerprint density at radius 1 is 1.04 bits per heavy atom. The molecule has 2 rings (SSSR count). The number of hydrogen-bond donors (Lipinski definition) is 1. The SMILES string of the molecule is OC(/C(C#Cc1ccc(Cl)cc1)=C/c1ccccc1)C(F)(F)F. The van der Waals surface area contributed by atoms with Gasteiger partial charge in [-0.05, 0) is 35.9 Å². The first-order valence-electron chi connectivity index (χ1n) is 6.65. The second kappa shape index (κ2) is 7.36. The standard InChI is InChI=1S/C18H12ClF3O/c19-16-10-7-13(8-11-16)6-9-15(17(23)18(20,21)22)12-14-4-2-1-3-5-14/h1-5,7-8,10-12,17,23H/b15-12+. The van der Waals surface area contributed by atoms with E-state index in [0.29, 0.717) is 16.1 Å². The molecule has 0 radical (unpaired) electrons. The van der Waals surface area contributed by atoms with E-state index in [0.717, 1.165) is 0 Å². The van der Waals surface area contributed by atoms with E-state index in [9.17, 15) is 18.3 Å². The van der Waals surface area contributed by atoms with Gasteiger partial charge in [-0.25, -0.2) is 0 Å². The van der Waals surface area contributed by atoms with Gasteiger partial charge >= 0.3 is 6.18 Å². The van der Waals surface area contributed by atoms with Crippen molar-refractivity contribution in [3.05, 3.63) is 76.3 Å². The summed E-state index contributed by atoms with van der Waals surface area (Å²) in [4.78, 5) is 0. The zero-order chi connectivity index (χ0) is 16.9. The molecule has 0 saturated heterocycles. The van der Waals surface area contributed by atoms with Gasteiger partial charge in [0.1, 0.15) is 0 Å². The molecule has 0 spiro atoms. The predicted molar refractivity (Wildman–Crippen MR) is 84.8 cm³/mol. The van der Waals surface area contributed by atoms with Crippen LogP contribution >= 0.6 is 11.6 Å². The summed E-state index contributed by atoms with van der Waals surface area (Å²) in [6, 6.07) is 14.8. The van der Waals surface area contributed by atoms with Crippen LogP contribution in [0, 0.1) is 11.8 Å². The minimum atomic E-state index is -4.78. The lowest BCUT2D eigenvalue weighted by atomic mass is 10.0. The van der Waals surface area contributed by atoms with E-state index in [2.05, 4.69) is 11.8 Å². The highest BCUT2D eigenvalue weighted by atomic mass is 35.5. The lowest BCUT2D eigenvalue weighted by Gasteiger charge is -2.14. The lowest BCUT2D eigenvalue weighted by Crippen LogP contribution is -2.29. The Balaban J connectivity index is 2.39. The number of alkyl halides is 3. The van der Waals surface area contributed by atoms with Crippen LogP contribution in [0.2, 0.25) is 5.02 Å². The number of aliphatic hydroxyl groups is 1. The third-order valence-electron chi connectivity index (χ3n) is 2.92. The molecular formula is C18H12ClF3O. The summed E-state index contributed by atoms with van der Waals surface area (Å²) >= 11 is 5.74. The fourth-order valence-corrected chi connectivity index (χ4v) is 1.89. The minimum absolute atomic E-state index is 0.418. The predicted octanol–water partition coefficient (Wildman–Crippen LogP) is 4.70. The maximum absolute atomic E-state index is 12.8. The third kappa shape index (κ3) is 5.17. The number of benzene rings is 2. The van der Waals surface area contributed by atoms with Crippen molar-refractivity contribution in [3.63, 3.8) is 0 Å². The van der Waals surface area contributed by atoms with Crippen molar-refractivity contribution in [2.24, 2.45) is 0 Å². The molecule has 0 aliphatic heterocycles. The first-order valence-corrected chi connectivity index (χ1v) is 7.03. The second-order valence-electron chi connectivity index (χ2n) is 4.71. The van der Waals surface area contributed by atoms with Gasteiger partial charge in [-0.1, -0.05) is 53.8 Å². The summed E-state index contributed by atoms with van der Waals surface area (Å²) in [6.45, 7) is 0. The summed E-state index contributed by atoms with van der Waals surface area (Å²) in [5.74, 6) is 5.02. The quantitative estimate of drug-likeness (QED) is 0.788. The van der Waals surface area contributed by atoms with Crippen molar-refractivity contribution >= 4 is 17.7 Å². The highest BCUT2D eigenvalue weighted by molar-refractivity contribution is 6.30. The van der Waals surface area contributed by atoms with Gasteiger partial charge in [0.2, 0.25) is 0 Å². The maximum atomic E-state index is 12.8. The Bertz CT molecular complexity index is 738. The molecule has 0 aromatic heterocycles. The molecule has 0 aliphatic rings. The van der Waals surface area contributed by atoms with Crippen molar-refractivity contribution < 1.29 is 18.3 Å². The number of rotatable bonds is 2. The van der Waals surface area contributed by atoms with Gasteiger partial charge in [0, 0.05) is 16.2 Å². The van der Waals surface area contributed by atoms with Crippen LogP contribution in [0.3, 0.4) is 0 Å². The molecule has 1 N–H and O–H groups in total. The summed E-state index contributed by atoms with van der Waals surface area (Å²) in [5.41, 5.74) is 0.609. The van der Waals surface area contributed by atoms with Crippen LogP contribution in [0.25, 0.3) is 6.08 Å². The topological polar surface area (TPSA) is 20.2 Å². The zero-order valence-electron chi connectivity index (χ0n) is 11.8. The van der Waals surface area contributed by atoms with Gasteiger partial charge in [-0.15, -0.1) is 0 Å². The molecule has 0 amide bonds. The summed E-state index contributed by atoms with van der Waals surface area (Å²) in [7, 11) is 0. The van der Waals surface area contributed by atoms with Gasteiger partial charge in [0.25, 0.3) is 0 Å². The molecule has 1 nitrogen and oxygen atoms in total. The van der Waals surface area contributed by atoms with Gasteiger partial charge in [-0.2, -0.15) is 13.2 Å². The molecular weight excluding hydrogens is 325 g/mol. The molecule has 0 fully saturated rings. The first kappa shape index (κ1) is 17.1. The molecule has 1 atom stereocenters. The van der Waals surface area contributed by atoms with E-state index in [1.807, 2.05) is 0 Å². The Morgan fingerprint density at radius 3 is 2.22 bits per heavy atom. The normalized spacial score (nSPS) is 13.2. The molecule has 0 saturated carbocycles.